The predicted molar refractivity (Wildman–Crippen MR) is 74.9 cm³/mol. The number of furan rings is 1. The van der Waals surface area contributed by atoms with Crippen LogP contribution in [0.15, 0.2) is 34.7 Å². The molecule has 0 fully saturated rings. The molecule has 1 aromatic carbocycles. The number of halogens is 3. The molecule has 2 rings (SSSR count). The minimum Gasteiger partial charge on any atom is -0.464 e. The molecule has 0 unspecified atom stereocenters. The molecular weight excluding hydrogens is 281 g/mol. The molecule has 21 heavy (non-hydrogen) atoms. The third-order valence-electron chi connectivity index (χ3n) is 3.23. The lowest BCUT2D eigenvalue weighted by Gasteiger charge is -2.22. The smallest absolute Gasteiger partial charge is 0.416 e. The van der Waals surface area contributed by atoms with Crippen molar-refractivity contribution in [2.24, 2.45) is 5.73 Å². The Morgan fingerprint density at radius 3 is 2.43 bits per heavy atom. The van der Waals surface area contributed by atoms with Gasteiger partial charge in [-0.25, -0.2) is 0 Å². The highest BCUT2D eigenvalue weighted by atomic mass is 19.4. The monoisotopic (exact) mass is 298 g/mol. The summed E-state index contributed by atoms with van der Waals surface area (Å²) in [5, 5.41) is 0. The number of alkyl halides is 3. The molecule has 2 N–H and O–H groups in total. The number of nitrogens with two attached hydrogens (primary N) is 1. The van der Waals surface area contributed by atoms with Crippen LogP contribution in [0.2, 0.25) is 0 Å². The van der Waals surface area contributed by atoms with Gasteiger partial charge in [0, 0.05) is 19.3 Å². The van der Waals surface area contributed by atoms with Crippen LogP contribution in [0, 0.1) is 6.92 Å². The third kappa shape index (κ3) is 3.58. The maximum absolute atomic E-state index is 12.7. The normalized spacial score (nSPS) is 11.7. The highest BCUT2D eigenvalue weighted by Gasteiger charge is 2.31. The second-order valence-corrected chi connectivity index (χ2v) is 4.91. The predicted octanol–water partition coefficient (Wildman–Crippen LogP) is 3.70. The standard InChI is InChI=1S/C15H17F3N2O/c1-10-3-5-13(21-10)9-20(2)14-6-4-12(15(16,17)18)7-11(14)8-19/h3-7H,8-9,19H2,1-2H3. The van der Waals surface area contributed by atoms with Crippen molar-refractivity contribution < 1.29 is 17.6 Å². The first-order chi connectivity index (χ1) is 9.81. The molecule has 1 aromatic heterocycles. The Kier molecular flexibility index (Phi) is 4.27. The Morgan fingerprint density at radius 2 is 1.90 bits per heavy atom. The Balaban J connectivity index is 2.26. The molecule has 114 valence electrons. The zero-order valence-electron chi connectivity index (χ0n) is 11.9. The summed E-state index contributed by atoms with van der Waals surface area (Å²) < 4.78 is 43.6. The molecule has 0 radical (unpaired) electrons. The Morgan fingerprint density at radius 1 is 1.19 bits per heavy atom. The van der Waals surface area contributed by atoms with E-state index in [1.54, 1.807) is 7.05 Å². The first-order valence-electron chi connectivity index (χ1n) is 6.48. The van der Waals surface area contributed by atoms with Crippen LogP contribution >= 0.6 is 0 Å². The summed E-state index contributed by atoms with van der Waals surface area (Å²) in [5.74, 6) is 1.54. The Bertz CT molecular complexity index is 620. The molecule has 2 aromatic rings. The van der Waals surface area contributed by atoms with Gasteiger partial charge < -0.3 is 15.1 Å². The number of aryl methyl sites for hydroxylation is 1. The number of hydrogen-bond donors (Lipinski definition) is 1. The van der Waals surface area contributed by atoms with Gasteiger partial charge in [0.05, 0.1) is 12.1 Å². The maximum atomic E-state index is 12.7. The quantitative estimate of drug-likeness (QED) is 0.936. The second kappa shape index (κ2) is 5.81. The summed E-state index contributed by atoms with van der Waals surface area (Å²) in [7, 11) is 1.79. The van der Waals surface area contributed by atoms with Gasteiger partial charge in [0.1, 0.15) is 11.5 Å². The molecule has 6 heteroatoms. The van der Waals surface area contributed by atoms with E-state index in [9.17, 15) is 13.2 Å². The Labute approximate surface area is 121 Å². The lowest BCUT2D eigenvalue weighted by atomic mass is 10.1. The first-order valence-corrected chi connectivity index (χ1v) is 6.48. The minimum atomic E-state index is -4.36. The Hall–Kier alpha value is -1.95. The minimum absolute atomic E-state index is 0.0424. The van der Waals surface area contributed by atoms with Crippen molar-refractivity contribution in [3.63, 3.8) is 0 Å². The topological polar surface area (TPSA) is 42.4 Å². The summed E-state index contributed by atoms with van der Waals surface area (Å²) in [6.07, 6.45) is -4.36. The fourth-order valence-electron chi connectivity index (χ4n) is 2.19. The van der Waals surface area contributed by atoms with Crippen LogP contribution in [-0.4, -0.2) is 7.05 Å². The molecule has 0 atom stereocenters. The maximum Gasteiger partial charge on any atom is 0.416 e. The van der Waals surface area contributed by atoms with Crippen LogP contribution in [0.4, 0.5) is 18.9 Å². The molecule has 0 saturated heterocycles. The first kappa shape index (κ1) is 15.4. The van der Waals surface area contributed by atoms with E-state index < -0.39 is 11.7 Å². The van der Waals surface area contributed by atoms with Gasteiger partial charge in [0.15, 0.2) is 0 Å². The van der Waals surface area contributed by atoms with Crippen molar-refractivity contribution in [3.8, 4) is 0 Å². The molecule has 0 bridgehead atoms. The molecular formula is C15H17F3N2O. The molecule has 0 aliphatic rings. The average Bonchev–Trinajstić information content (AvgIpc) is 2.82. The van der Waals surface area contributed by atoms with E-state index in [0.29, 0.717) is 17.8 Å². The summed E-state index contributed by atoms with van der Waals surface area (Å²) in [5.41, 5.74) is 6.02. The van der Waals surface area contributed by atoms with Crippen molar-refractivity contribution in [2.75, 3.05) is 11.9 Å². The van der Waals surface area contributed by atoms with Gasteiger partial charge in [0.2, 0.25) is 0 Å². The second-order valence-electron chi connectivity index (χ2n) is 4.91. The fraction of sp³-hybridized carbons (Fsp3) is 0.333. The van der Waals surface area contributed by atoms with Crippen molar-refractivity contribution in [1.82, 2.24) is 0 Å². The van der Waals surface area contributed by atoms with E-state index >= 15 is 0 Å². The van der Waals surface area contributed by atoms with Gasteiger partial charge in [-0.1, -0.05) is 0 Å². The lowest BCUT2D eigenvalue weighted by molar-refractivity contribution is -0.137. The van der Waals surface area contributed by atoms with E-state index in [1.165, 1.54) is 6.07 Å². The zero-order chi connectivity index (χ0) is 15.6. The summed E-state index contributed by atoms with van der Waals surface area (Å²) >= 11 is 0. The van der Waals surface area contributed by atoms with E-state index in [2.05, 4.69) is 0 Å². The van der Waals surface area contributed by atoms with Gasteiger partial charge in [-0.2, -0.15) is 13.2 Å². The molecule has 1 heterocycles. The SMILES string of the molecule is Cc1ccc(CN(C)c2ccc(C(F)(F)F)cc2CN)o1. The number of rotatable bonds is 4. The van der Waals surface area contributed by atoms with Crippen molar-refractivity contribution >= 4 is 5.69 Å². The van der Waals surface area contributed by atoms with Gasteiger partial charge in [-0.05, 0) is 42.8 Å². The van der Waals surface area contributed by atoms with Crippen molar-refractivity contribution in [3.05, 3.63) is 53.0 Å². The average molecular weight is 298 g/mol. The highest BCUT2D eigenvalue weighted by Crippen LogP contribution is 2.33. The molecule has 0 aliphatic carbocycles. The molecule has 0 spiro atoms. The zero-order valence-corrected chi connectivity index (χ0v) is 11.9. The van der Waals surface area contributed by atoms with Crippen LogP contribution in [-0.2, 0) is 19.3 Å². The molecule has 0 saturated carbocycles. The molecule has 0 aliphatic heterocycles. The van der Waals surface area contributed by atoms with Crippen LogP contribution in [0.5, 0.6) is 0 Å². The number of nitrogens with zero attached hydrogens (tertiary/aromatic N) is 1. The molecule has 3 nitrogen and oxygen atoms in total. The van der Waals surface area contributed by atoms with Crippen molar-refractivity contribution in [1.29, 1.82) is 0 Å². The van der Waals surface area contributed by atoms with Crippen molar-refractivity contribution in [2.45, 2.75) is 26.2 Å². The summed E-state index contributed by atoms with van der Waals surface area (Å²) in [6.45, 7) is 2.35. The van der Waals surface area contributed by atoms with Gasteiger partial charge in [-0.15, -0.1) is 0 Å². The van der Waals surface area contributed by atoms with Gasteiger partial charge in [-0.3, -0.25) is 0 Å². The van der Waals surface area contributed by atoms with Gasteiger partial charge >= 0.3 is 6.18 Å². The third-order valence-corrected chi connectivity index (χ3v) is 3.23. The highest BCUT2D eigenvalue weighted by molar-refractivity contribution is 5.55. The van der Waals surface area contributed by atoms with Gasteiger partial charge in [0.25, 0.3) is 0 Å². The van der Waals surface area contributed by atoms with Crippen LogP contribution < -0.4 is 10.6 Å². The van der Waals surface area contributed by atoms with E-state index in [1.807, 2.05) is 24.0 Å². The number of hydrogen-bond acceptors (Lipinski definition) is 3. The van der Waals surface area contributed by atoms with E-state index in [-0.39, 0.29) is 6.54 Å². The number of benzene rings is 1. The number of anilines is 1. The largest absolute Gasteiger partial charge is 0.464 e. The van der Waals surface area contributed by atoms with Crippen LogP contribution in [0.1, 0.15) is 22.6 Å². The fourth-order valence-corrected chi connectivity index (χ4v) is 2.19. The lowest BCUT2D eigenvalue weighted by Crippen LogP contribution is -2.19. The summed E-state index contributed by atoms with van der Waals surface area (Å²) in [4.78, 5) is 1.82. The van der Waals surface area contributed by atoms with Crippen LogP contribution in [0.25, 0.3) is 0 Å². The summed E-state index contributed by atoms with van der Waals surface area (Å²) in [6, 6.07) is 7.30. The van der Waals surface area contributed by atoms with Crippen LogP contribution in [0.3, 0.4) is 0 Å². The van der Waals surface area contributed by atoms with E-state index in [4.69, 9.17) is 10.2 Å². The molecule has 0 amide bonds. The van der Waals surface area contributed by atoms with E-state index in [0.717, 1.165) is 23.7 Å².